The van der Waals surface area contributed by atoms with Crippen molar-refractivity contribution in [2.24, 2.45) is 0 Å². The molecule has 1 aliphatic carbocycles. The Hall–Kier alpha value is -5.34. The zero-order valence-electron chi connectivity index (χ0n) is 31.9. The predicted octanol–water partition coefficient (Wildman–Crippen LogP) is 15.6. The smallest absolute Gasteiger partial charge is 0.0450 e. The second kappa shape index (κ2) is 17.6. The molecule has 1 heterocycles. The van der Waals surface area contributed by atoms with E-state index in [2.05, 4.69) is 170 Å². The van der Waals surface area contributed by atoms with E-state index in [1.807, 2.05) is 24.3 Å². The van der Waals surface area contributed by atoms with Crippen LogP contribution >= 0.6 is 23.2 Å². The van der Waals surface area contributed by atoms with Crippen LogP contribution in [0.5, 0.6) is 0 Å². The Kier molecular flexibility index (Phi) is 11.8. The Bertz CT molecular complexity index is 2320. The van der Waals surface area contributed by atoms with Gasteiger partial charge in [0.1, 0.15) is 0 Å². The van der Waals surface area contributed by atoms with Crippen molar-refractivity contribution < 1.29 is 0 Å². The number of allylic oxidation sites excluding steroid dienone is 4. The van der Waals surface area contributed by atoms with Crippen molar-refractivity contribution in [2.75, 3.05) is 4.90 Å². The summed E-state index contributed by atoms with van der Waals surface area (Å²) in [7, 11) is 0. The van der Waals surface area contributed by atoms with Gasteiger partial charge in [-0.15, -0.1) is 0 Å². The first kappa shape index (κ1) is 37.6. The summed E-state index contributed by atoms with van der Waals surface area (Å²) < 4.78 is 0. The molecule has 278 valence electrons. The number of hydrogen-bond donors (Lipinski definition) is 0. The fourth-order valence-electron chi connectivity index (χ4n) is 8.42. The third-order valence-corrected chi connectivity index (χ3v) is 11.8. The van der Waals surface area contributed by atoms with E-state index < -0.39 is 0 Å². The third kappa shape index (κ3) is 8.71. The van der Waals surface area contributed by atoms with Crippen LogP contribution in [0.2, 0.25) is 10.0 Å². The van der Waals surface area contributed by atoms with E-state index in [0.29, 0.717) is 12.0 Å². The number of halogens is 2. The first-order chi connectivity index (χ1) is 27.5. The number of anilines is 2. The molecule has 6 aromatic rings. The Morgan fingerprint density at radius 3 is 1.66 bits per heavy atom. The van der Waals surface area contributed by atoms with Crippen LogP contribution in [0.25, 0.3) is 23.3 Å². The van der Waals surface area contributed by atoms with Crippen molar-refractivity contribution in [2.45, 2.75) is 57.4 Å². The van der Waals surface area contributed by atoms with Crippen molar-refractivity contribution in [3.63, 3.8) is 0 Å². The van der Waals surface area contributed by atoms with Gasteiger partial charge in [-0.2, -0.15) is 0 Å². The first-order valence-corrected chi connectivity index (χ1v) is 20.7. The first-order valence-electron chi connectivity index (χ1n) is 19.9. The molecule has 0 radical (unpaired) electrons. The zero-order valence-corrected chi connectivity index (χ0v) is 33.4. The summed E-state index contributed by atoms with van der Waals surface area (Å²) in [5.74, 6) is 0.524. The van der Waals surface area contributed by atoms with Gasteiger partial charge in [-0.05, 0) is 118 Å². The molecule has 0 N–H and O–H groups in total. The lowest BCUT2D eigenvalue weighted by molar-refractivity contribution is 0.419. The molecule has 8 rings (SSSR count). The van der Waals surface area contributed by atoms with Gasteiger partial charge in [-0.25, -0.2) is 0 Å². The van der Waals surface area contributed by atoms with Gasteiger partial charge in [0.25, 0.3) is 0 Å². The summed E-state index contributed by atoms with van der Waals surface area (Å²) in [6.45, 7) is 2.13. The lowest BCUT2D eigenvalue weighted by Gasteiger charge is -2.32. The van der Waals surface area contributed by atoms with E-state index in [4.69, 9.17) is 23.2 Å². The Morgan fingerprint density at radius 2 is 1.05 bits per heavy atom. The van der Waals surface area contributed by atoms with Crippen LogP contribution in [0.1, 0.15) is 89.0 Å². The molecular weight excluding hydrogens is 721 g/mol. The van der Waals surface area contributed by atoms with Gasteiger partial charge in [0.2, 0.25) is 0 Å². The maximum Gasteiger partial charge on any atom is 0.0450 e. The predicted molar refractivity (Wildman–Crippen MR) is 242 cm³/mol. The molecule has 0 amide bonds. The van der Waals surface area contributed by atoms with E-state index >= 15 is 0 Å². The second-order valence-electron chi connectivity index (χ2n) is 15.1. The molecule has 0 bridgehead atoms. The summed E-state index contributed by atoms with van der Waals surface area (Å²) in [4.78, 5) is 2.65. The SMILES string of the molecule is Cc1ccc(/C(=C/C=C/c2ccc(N3c4ccc(/C=C/C=C(c5ccc(Cl)cc5)c5ccc(Cl)cc5)cc4C4CCCCCCC43)cc2)c2ccccc2)cc1. The normalized spacial score (nSPS) is 17.1. The molecule has 3 heteroatoms. The highest BCUT2D eigenvalue weighted by atomic mass is 35.5. The molecule has 0 aromatic heterocycles. The minimum Gasteiger partial charge on any atom is -0.338 e. The topological polar surface area (TPSA) is 3.24 Å². The molecule has 6 aromatic carbocycles. The fourth-order valence-corrected chi connectivity index (χ4v) is 8.68. The minimum atomic E-state index is 0.470. The van der Waals surface area contributed by atoms with Crippen LogP contribution < -0.4 is 4.90 Å². The van der Waals surface area contributed by atoms with Crippen molar-refractivity contribution in [3.05, 3.63) is 224 Å². The zero-order chi connectivity index (χ0) is 38.3. The summed E-state index contributed by atoms with van der Waals surface area (Å²) in [5, 5.41) is 1.46. The van der Waals surface area contributed by atoms with Crippen LogP contribution in [0.3, 0.4) is 0 Å². The van der Waals surface area contributed by atoms with Gasteiger partial charge in [0.15, 0.2) is 0 Å². The van der Waals surface area contributed by atoms with E-state index in [0.717, 1.165) is 26.7 Å². The van der Waals surface area contributed by atoms with Crippen molar-refractivity contribution in [1.82, 2.24) is 0 Å². The monoisotopic (exact) mass is 767 g/mol. The molecule has 2 atom stereocenters. The van der Waals surface area contributed by atoms with Crippen LogP contribution in [0, 0.1) is 6.92 Å². The lowest BCUT2D eigenvalue weighted by atomic mass is 9.84. The van der Waals surface area contributed by atoms with E-state index in [9.17, 15) is 0 Å². The molecule has 1 nitrogen and oxygen atoms in total. The second-order valence-corrected chi connectivity index (χ2v) is 15.9. The van der Waals surface area contributed by atoms with Gasteiger partial charge < -0.3 is 4.90 Å². The highest BCUT2D eigenvalue weighted by Crippen LogP contribution is 2.50. The molecule has 0 saturated heterocycles. The average Bonchev–Trinajstić information content (AvgIpc) is 3.51. The number of hydrogen-bond acceptors (Lipinski definition) is 1. The summed E-state index contributed by atoms with van der Waals surface area (Å²) in [6.07, 6.45) is 20.9. The average molecular weight is 769 g/mol. The molecule has 2 unspecified atom stereocenters. The molecule has 1 aliphatic heterocycles. The Labute approximate surface area is 343 Å². The minimum absolute atomic E-state index is 0.470. The van der Waals surface area contributed by atoms with E-state index in [1.54, 1.807) is 0 Å². The molecule has 1 saturated carbocycles. The van der Waals surface area contributed by atoms with Gasteiger partial charge in [0, 0.05) is 33.4 Å². The Morgan fingerprint density at radius 1 is 0.536 bits per heavy atom. The molecule has 56 heavy (non-hydrogen) atoms. The van der Waals surface area contributed by atoms with Crippen molar-refractivity contribution in [3.8, 4) is 0 Å². The van der Waals surface area contributed by atoms with E-state index in [-0.39, 0.29) is 0 Å². The molecule has 0 spiro atoms. The van der Waals surface area contributed by atoms with Crippen LogP contribution in [0.15, 0.2) is 170 Å². The largest absolute Gasteiger partial charge is 0.338 e. The quantitative estimate of drug-likeness (QED) is 0.132. The van der Waals surface area contributed by atoms with Gasteiger partial charge in [-0.1, -0.05) is 188 Å². The van der Waals surface area contributed by atoms with Gasteiger partial charge in [-0.3, -0.25) is 0 Å². The highest BCUT2D eigenvalue weighted by Gasteiger charge is 2.39. The Balaban J connectivity index is 1.07. The number of benzene rings is 6. The molecule has 1 fully saturated rings. The van der Waals surface area contributed by atoms with Crippen LogP contribution in [-0.2, 0) is 0 Å². The molecule has 2 aliphatic rings. The van der Waals surface area contributed by atoms with Crippen LogP contribution in [0.4, 0.5) is 11.4 Å². The maximum absolute atomic E-state index is 6.25. The number of fused-ring (bicyclic) bond motifs is 3. The van der Waals surface area contributed by atoms with Crippen molar-refractivity contribution >= 4 is 57.9 Å². The molecular formula is C53H47Cl2N. The van der Waals surface area contributed by atoms with Gasteiger partial charge >= 0.3 is 0 Å². The summed E-state index contributed by atoms with van der Waals surface area (Å²) >= 11 is 12.5. The number of rotatable bonds is 9. The standard InChI is InChI=1S/C53H47Cl2N/c1-38-19-24-42(25-20-38)48(41-13-5-4-6-14-41)16-9-11-39-21-34-47(35-22-39)56-52-18-8-3-2-7-15-50(52)51-37-40(23-36-53(51)56)12-10-17-49(43-26-30-45(54)31-27-43)44-28-32-46(55)33-29-44/h4-6,9-14,16-17,19-37,50,52H,2-3,7-8,15,18H2,1H3/b11-9+,12-10+,48-16+. The van der Waals surface area contributed by atoms with Crippen LogP contribution in [-0.4, -0.2) is 6.04 Å². The van der Waals surface area contributed by atoms with Gasteiger partial charge in [0.05, 0.1) is 0 Å². The highest BCUT2D eigenvalue weighted by molar-refractivity contribution is 6.31. The maximum atomic E-state index is 6.25. The summed E-state index contributed by atoms with van der Waals surface area (Å²) in [6, 6.07) is 52.3. The summed E-state index contributed by atoms with van der Waals surface area (Å²) in [5.41, 5.74) is 14.8. The third-order valence-electron chi connectivity index (χ3n) is 11.3. The fraction of sp³-hybridized carbons (Fsp3) is 0.170. The lowest BCUT2D eigenvalue weighted by Crippen LogP contribution is -2.30. The van der Waals surface area contributed by atoms with E-state index in [1.165, 1.54) is 88.9 Å². The number of aryl methyl sites for hydroxylation is 1. The van der Waals surface area contributed by atoms with Crippen molar-refractivity contribution in [1.29, 1.82) is 0 Å². The number of nitrogens with zero attached hydrogens (tertiary/aromatic N) is 1.